The number of aliphatic hydroxyl groups excluding tert-OH is 2. The van der Waals surface area contributed by atoms with Gasteiger partial charge in [0, 0.05) is 23.1 Å². The molecule has 0 amide bonds. The molecule has 0 spiro atoms. The highest BCUT2D eigenvalue weighted by atomic mass is 35.5. The van der Waals surface area contributed by atoms with Crippen LogP contribution in [0.2, 0.25) is 10.0 Å². The number of aliphatic hydroxyl groups is 2. The van der Waals surface area contributed by atoms with Crippen LogP contribution in [0.1, 0.15) is 76.0 Å². The fraction of sp³-hybridized carbons (Fsp3) is 0.520. The van der Waals surface area contributed by atoms with Crippen LogP contribution in [0, 0.1) is 10.8 Å². The minimum absolute atomic E-state index is 0.245. The lowest BCUT2D eigenvalue weighted by Gasteiger charge is -2.27. The van der Waals surface area contributed by atoms with Crippen molar-refractivity contribution in [3.05, 3.63) is 68.7 Å². The molecule has 0 aliphatic rings. The fourth-order valence-corrected chi connectivity index (χ4v) is 3.86. The smallest absolute Gasteiger partial charge is 0.0838 e. The summed E-state index contributed by atoms with van der Waals surface area (Å²) in [5.41, 5.74) is 3.17. The van der Waals surface area contributed by atoms with Gasteiger partial charge in [0.1, 0.15) is 0 Å². The van der Waals surface area contributed by atoms with Gasteiger partial charge < -0.3 is 10.2 Å². The first-order valence-corrected chi connectivity index (χ1v) is 11.1. The zero-order valence-electron chi connectivity index (χ0n) is 19.1. The third kappa shape index (κ3) is 6.45. The Balaban J connectivity index is 2.10. The molecule has 5 heteroatoms. The largest absolute Gasteiger partial charge is 0.388 e. The van der Waals surface area contributed by atoms with E-state index in [4.69, 9.17) is 23.2 Å². The highest BCUT2D eigenvalue weighted by molar-refractivity contribution is 6.31. The molecule has 2 aromatic carbocycles. The van der Waals surface area contributed by atoms with Gasteiger partial charge in [0.2, 0.25) is 0 Å². The third-order valence-corrected chi connectivity index (χ3v) is 6.01. The summed E-state index contributed by atoms with van der Waals surface area (Å²) in [6, 6.07) is 11.6. The first-order chi connectivity index (χ1) is 13.7. The van der Waals surface area contributed by atoms with E-state index in [2.05, 4.69) is 4.90 Å². The summed E-state index contributed by atoms with van der Waals surface area (Å²) in [6.07, 6.45) is -1.13. The Kier molecular flexibility index (Phi) is 8.04. The zero-order chi connectivity index (χ0) is 22.9. The summed E-state index contributed by atoms with van der Waals surface area (Å²) in [7, 11) is 2.02. The molecule has 0 aliphatic heterocycles. The Hall–Kier alpha value is -1.10. The molecule has 2 unspecified atom stereocenters. The summed E-state index contributed by atoms with van der Waals surface area (Å²) in [5, 5.41) is 22.3. The van der Waals surface area contributed by atoms with Gasteiger partial charge in [-0.2, -0.15) is 0 Å². The number of halogens is 2. The molecule has 2 rings (SSSR count). The molecule has 0 aliphatic carbocycles. The quantitative estimate of drug-likeness (QED) is 0.508. The molecule has 0 saturated carbocycles. The van der Waals surface area contributed by atoms with E-state index >= 15 is 0 Å². The highest BCUT2D eigenvalue weighted by Crippen LogP contribution is 2.36. The van der Waals surface area contributed by atoms with Crippen LogP contribution in [-0.4, -0.2) is 22.2 Å². The van der Waals surface area contributed by atoms with Gasteiger partial charge in [0.25, 0.3) is 0 Å². The Morgan fingerprint density at radius 3 is 1.33 bits per heavy atom. The van der Waals surface area contributed by atoms with E-state index in [1.807, 2.05) is 85.0 Å². The van der Waals surface area contributed by atoms with Gasteiger partial charge in [-0.25, -0.2) is 0 Å². The minimum Gasteiger partial charge on any atom is -0.388 e. The molecule has 166 valence electrons. The maximum absolute atomic E-state index is 10.5. The summed E-state index contributed by atoms with van der Waals surface area (Å²) < 4.78 is 0. The average molecular weight is 452 g/mol. The van der Waals surface area contributed by atoms with Crippen molar-refractivity contribution in [2.45, 2.75) is 66.8 Å². The van der Waals surface area contributed by atoms with Crippen LogP contribution in [-0.2, 0) is 13.1 Å². The first-order valence-electron chi connectivity index (χ1n) is 10.3. The van der Waals surface area contributed by atoms with Crippen molar-refractivity contribution in [1.29, 1.82) is 0 Å². The lowest BCUT2D eigenvalue weighted by Crippen LogP contribution is -2.20. The highest BCUT2D eigenvalue weighted by Gasteiger charge is 2.25. The molecular weight excluding hydrogens is 417 g/mol. The topological polar surface area (TPSA) is 43.7 Å². The van der Waals surface area contributed by atoms with Crippen LogP contribution in [0.15, 0.2) is 36.4 Å². The molecule has 3 nitrogen and oxygen atoms in total. The standard InChI is InChI=1S/C25H35Cl2NO2/c1-24(2,3)22(29)16-8-10-18(20(26)12-16)14-28(7)15-19-11-9-17(13-21(19)27)23(30)25(4,5)6/h8-13,22-23,29-30H,14-15H2,1-7H3. The van der Waals surface area contributed by atoms with Crippen molar-refractivity contribution in [2.75, 3.05) is 7.05 Å². The van der Waals surface area contributed by atoms with Crippen LogP contribution in [0.25, 0.3) is 0 Å². The van der Waals surface area contributed by atoms with Gasteiger partial charge in [-0.3, -0.25) is 4.90 Å². The van der Waals surface area contributed by atoms with Gasteiger partial charge in [-0.15, -0.1) is 0 Å². The van der Waals surface area contributed by atoms with Crippen molar-refractivity contribution in [3.8, 4) is 0 Å². The number of nitrogens with zero attached hydrogens (tertiary/aromatic N) is 1. The maximum atomic E-state index is 10.5. The first kappa shape index (κ1) is 25.2. The lowest BCUT2D eigenvalue weighted by molar-refractivity contribution is 0.0626. The van der Waals surface area contributed by atoms with E-state index in [-0.39, 0.29) is 10.8 Å². The zero-order valence-corrected chi connectivity index (χ0v) is 20.6. The summed E-state index contributed by atoms with van der Waals surface area (Å²) in [5.74, 6) is 0. The van der Waals surface area contributed by atoms with Gasteiger partial charge in [0.05, 0.1) is 12.2 Å². The number of hydrogen-bond acceptors (Lipinski definition) is 3. The monoisotopic (exact) mass is 451 g/mol. The Morgan fingerprint density at radius 1 is 0.733 bits per heavy atom. The molecule has 0 heterocycles. The van der Waals surface area contributed by atoms with Crippen LogP contribution in [0.3, 0.4) is 0 Å². The number of hydrogen-bond donors (Lipinski definition) is 2. The summed E-state index contributed by atoms with van der Waals surface area (Å²) >= 11 is 13.0. The molecule has 30 heavy (non-hydrogen) atoms. The second-order valence-corrected chi connectivity index (χ2v) is 11.2. The van der Waals surface area contributed by atoms with Gasteiger partial charge >= 0.3 is 0 Å². The van der Waals surface area contributed by atoms with Crippen molar-refractivity contribution in [1.82, 2.24) is 4.90 Å². The van der Waals surface area contributed by atoms with E-state index in [1.165, 1.54) is 0 Å². The Morgan fingerprint density at radius 2 is 1.07 bits per heavy atom. The molecule has 0 bridgehead atoms. The fourth-order valence-electron chi connectivity index (χ4n) is 3.36. The van der Waals surface area contributed by atoms with Crippen LogP contribution in [0.5, 0.6) is 0 Å². The van der Waals surface area contributed by atoms with E-state index in [0.29, 0.717) is 23.1 Å². The molecular formula is C25H35Cl2NO2. The van der Waals surface area contributed by atoms with Crippen molar-refractivity contribution in [3.63, 3.8) is 0 Å². The van der Waals surface area contributed by atoms with E-state index in [1.54, 1.807) is 0 Å². The van der Waals surface area contributed by atoms with Gasteiger partial charge in [0.15, 0.2) is 0 Å². The number of benzene rings is 2. The predicted octanol–water partition coefficient (Wildman–Crippen LogP) is 6.78. The summed E-state index contributed by atoms with van der Waals surface area (Å²) in [6.45, 7) is 13.3. The van der Waals surface area contributed by atoms with Crippen LogP contribution in [0.4, 0.5) is 0 Å². The van der Waals surface area contributed by atoms with Crippen LogP contribution >= 0.6 is 23.2 Å². The van der Waals surface area contributed by atoms with Crippen molar-refractivity contribution in [2.24, 2.45) is 10.8 Å². The third-order valence-electron chi connectivity index (χ3n) is 5.31. The van der Waals surface area contributed by atoms with Gasteiger partial charge in [-0.1, -0.05) is 89.0 Å². The normalized spacial score (nSPS) is 14.8. The predicted molar refractivity (Wildman–Crippen MR) is 127 cm³/mol. The Bertz CT molecular complexity index is 797. The second-order valence-electron chi connectivity index (χ2n) is 10.4. The molecule has 0 aromatic heterocycles. The molecule has 2 aromatic rings. The van der Waals surface area contributed by atoms with Crippen molar-refractivity contribution < 1.29 is 10.2 Å². The molecule has 2 N–H and O–H groups in total. The van der Waals surface area contributed by atoms with E-state index in [0.717, 1.165) is 22.3 Å². The SMILES string of the molecule is CN(Cc1ccc(C(O)C(C)(C)C)cc1Cl)Cc1ccc(C(O)C(C)(C)C)cc1Cl. The summed E-state index contributed by atoms with van der Waals surface area (Å²) in [4.78, 5) is 2.14. The molecule has 0 radical (unpaired) electrons. The van der Waals surface area contributed by atoms with E-state index < -0.39 is 12.2 Å². The minimum atomic E-state index is -0.567. The molecule has 2 atom stereocenters. The lowest BCUT2D eigenvalue weighted by atomic mass is 9.84. The van der Waals surface area contributed by atoms with Gasteiger partial charge in [-0.05, 0) is 52.3 Å². The van der Waals surface area contributed by atoms with Crippen molar-refractivity contribution >= 4 is 23.2 Å². The molecule has 0 fully saturated rings. The van der Waals surface area contributed by atoms with E-state index in [9.17, 15) is 10.2 Å². The average Bonchev–Trinajstić information content (AvgIpc) is 2.62. The second kappa shape index (κ2) is 9.58. The van der Waals surface area contributed by atoms with Crippen LogP contribution < -0.4 is 0 Å². The number of rotatable bonds is 6. The Labute approximate surface area is 191 Å². The maximum Gasteiger partial charge on any atom is 0.0838 e. The molecule has 0 saturated heterocycles.